The fourth-order valence-electron chi connectivity index (χ4n) is 4.63. The number of hydrogen-bond donors (Lipinski definition) is 6. The van der Waals surface area contributed by atoms with Crippen LogP contribution in [0.5, 0.6) is 0 Å². The van der Waals surface area contributed by atoms with Crippen molar-refractivity contribution in [3.05, 3.63) is 25.3 Å². The smallest absolute Gasteiger partial charge is 0.167 e. The van der Waals surface area contributed by atoms with Gasteiger partial charge in [-0.3, -0.25) is 9.13 Å². The SMILES string of the molecule is CSC[C@H]1O[C@@H](n2cnc3c(N)ncnc32)[C@H](O)[C@@H]1O.CSC[C@H]1O[C@@H](n2cnc3c(N)ncnc32)[C@H](O)[C@@H]1O. The van der Waals surface area contributed by atoms with Gasteiger partial charge in [-0.25, -0.2) is 29.9 Å². The summed E-state index contributed by atoms with van der Waals surface area (Å²) in [6.45, 7) is 0. The molecule has 18 heteroatoms. The Labute approximate surface area is 236 Å². The summed E-state index contributed by atoms with van der Waals surface area (Å²) in [5.74, 6) is 1.72. The molecule has 0 spiro atoms. The van der Waals surface area contributed by atoms with Gasteiger partial charge in [-0.15, -0.1) is 0 Å². The summed E-state index contributed by atoms with van der Waals surface area (Å²) in [6.07, 6.45) is 3.16. The minimum absolute atomic E-state index is 0.266. The average molecular weight is 595 g/mol. The monoisotopic (exact) mass is 594 g/mol. The number of thioether (sulfide) groups is 2. The first kappa shape index (κ1) is 28.7. The van der Waals surface area contributed by atoms with Gasteiger partial charge >= 0.3 is 0 Å². The highest BCUT2D eigenvalue weighted by molar-refractivity contribution is 7.98. The molecule has 0 bridgehead atoms. The minimum Gasteiger partial charge on any atom is -0.387 e. The van der Waals surface area contributed by atoms with E-state index in [0.717, 1.165) is 0 Å². The molecule has 2 fully saturated rings. The molecule has 0 aliphatic carbocycles. The van der Waals surface area contributed by atoms with Crippen molar-refractivity contribution < 1.29 is 29.9 Å². The lowest BCUT2D eigenvalue weighted by Crippen LogP contribution is -2.32. The van der Waals surface area contributed by atoms with E-state index in [9.17, 15) is 20.4 Å². The molecule has 0 amide bonds. The van der Waals surface area contributed by atoms with Gasteiger partial charge in [-0.2, -0.15) is 23.5 Å². The molecular formula is C22H30N10O6S2. The van der Waals surface area contributed by atoms with Crippen molar-refractivity contribution in [3.63, 3.8) is 0 Å². The van der Waals surface area contributed by atoms with Crippen LogP contribution in [0, 0.1) is 0 Å². The number of rotatable bonds is 6. The summed E-state index contributed by atoms with van der Waals surface area (Å²) in [7, 11) is 0. The van der Waals surface area contributed by atoms with Crippen LogP contribution in [0.15, 0.2) is 25.3 Å². The van der Waals surface area contributed by atoms with Gasteiger partial charge in [0.15, 0.2) is 35.4 Å². The predicted octanol–water partition coefficient (Wildman–Crippen LogP) is -1.22. The standard InChI is InChI=1S/2C11H15N5O3S/c2*1-20-2-5-7(17)8(18)11(19-5)16-4-15-6-9(12)13-3-14-10(6)16/h2*3-5,7-8,11,17-18H,2H2,1H3,(H2,12,13,14)/t2*5-,7-,8-,11-/m11/s1. The molecule has 40 heavy (non-hydrogen) atoms. The quantitative estimate of drug-likeness (QED) is 0.153. The number of aromatic nitrogens is 8. The van der Waals surface area contributed by atoms with Gasteiger partial charge in [0, 0.05) is 11.5 Å². The third-order valence-corrected chi connectivity index (χ3v) is 7.98. The van der Waals surface area contributed by atoms with Crippen LogP contribution >= 0.6 is 23.5 Å². The van der Waals surface area contributed by atoms with Crippen LogP contribution < -0.4 is 11.5 Å². The van der Waals surface area contributed by atoms with Crippen LogP contribution in [0.25, 0.3) is 22.3 Å². The molecule has 4 aromatic rings. The van der Waals surface area contributed by atoms with Crippen molar-refractivity contribution in [1.82, 2.24) is 39.0 Å². The Hall–Kier alpha value is -2.84. The number of aliphatic hydroxyl groups is 4. The number of nitrogens with zero attached hydrogens (tertiary/aromatic N) is 8. The Bertz CT molecular complexity index is 1350. The highest BCUT2D eigenvalue weighted by Gasteiger charge is 2.45. The van der Waals surface area contributed by atoms with Gasteiger partial charge in [0.2, 0.25) is 0 Å². The van der Waals surface area contributed by atoms with E-state index in [0.29, 0.717) is 33.8 Å². The van der Waals surface area contributed by atoms with E-state index in [1.54, 1.807) is 32.7 Å². The molecule has 6 rings (SSSR count). The fourth-order valence-corrected chi connectivity index (χ4v) is 5.84. The number of anilines is 2. The van der Waals surface area contributed by atoms with Crippen molar-refractivity contribution in [2.75, 3.05) is 35.5 Å². The number of nitrogen functional groups attached to an aromatic ring is 2. The molecule has 216 valence electrons. The molecule has 16 nitrogen and oxygen atoms in total. The first-order valence-electron chi connectivity index (χ1n) is 12.1. The highest BCUT2D eigenvalue weighted by Crippen LogP contribution is 2.34. The molecule has 2 saturated heterocycles. The summed E-state index contributed by atoms with van der Waals surface area (Å²) in [5.41, 5.74) is 13.3. The van der Waals surface area contributed by atoms with Gasteiger partial charge in [-0.05, 0) is 12.5 Å². The van der Waals surface area contributed by atoms with Crippen LogP contribution in [0.3, 0.4) is 0 Å². The predicted molar refractivity (Wildman–Crippen MR) is 148 cm³/mol. The molecule has 0 aromatic carbocycles. The summed E-state index contributed by atoms with van der Waals surface area (Å²) in [4.78, 5) is 24.2. The van der Waals surface area contributed by atoms with Crippen molar-refractivity contribution in [3.8, 4) is 0 Å². The van der Waals surface area contributed by atoms with E-state index in [1.807, 2.05) is 12.5 Å². The first-order valence-corrected chi connectivity index (χ1v) is 14.9. The number of ether oxygens (including phenoxy) is 2. The minimum atomic E-state index is -1.04. The van der Waals surface area contributed by atoms with Gasteiger partial charge in [0.25, 0.3) is 0 Å². The number of nitrogens with two attached hydrogens (primary N) is 2. The van der Waals surface area contributed by atoms with E-state index in [4.69, 9.17) is 20.9 Å². The maximum absolute atomic E-state index is 10.1. The highest BCUT2D eigenvalue weighted by atomic mass is 32.2. The van der Waals surface area contributed by atoms with Crippen LogP contribution in [-0.4, -0.2) is 120 Å². The Kier molecular flexibility index (Phi) is 8.57. The lowest BCUT2D eigenvalue weighted by Gasteiger charge is -2.16. The normalized spacial score (nSPS) is 30.1. The van der Waals surface area contributed by atoms with Gasteiger partial charge in [0.05, 0.1) is 24.9 Å². The Morgan fingerprint density at radius 2 is 1.07 bits per heavy atom. The average Bonchev–Trinajstić information content (AvgIpc) is 3.69. The zero-order valence-corrected chi connectivity index (χ0v) is 23.1. The van der Waals surface area contributed by atoms with Crippen LogP contribution in [-0.2, 0) is 9.47 Å². The second-order valence-electron chi connectivity index (χ2n) is 9.17. The zero-order valence-electron chi connectivity index (χ0n) is 21.5. The van der Waals surface area contributed by atoms with E-state index in [1.165, 1.54) is 25.3 Å². The zero-order chi connectivity index (χ0) is 28.6. The van der Waals surface area contributed by atoms with Crippen LogP contribution in [0.1, 0.15) is 12.5 Å². The van der Waals surface area contributed by atoms with E-state index in [2.05, 4.69) is 29.9 Å². The van der Waals surface area contributed by atoms with E-state index < -0.39 is 49.1 Å². The van der Waals surface area contributed by atoms with Gasteiger partial charge < -0.3 is 41.4 Å². The van der Waals surface area contributed by atoms with Gasteiger partial charge in [0.1, 0.15) is 48.1 Å². The number of hydrogen-bond acceptors (Lipinski definition) is 16. The maximum atomic E-state index is 10.1. The summed E-state index contributed by atoms with van der Waals surface area (Å²) in [6, 6.07) is 0. The molecule has 2 aliphatic rings. The first-order chi connectivity index (χ1) is 19.3. The number of imidazole rings is 2. The summed E-state index contributed by atoms with van der Waals surface area (Å²) in [5, 5.41) is 40.3. The van der Waals surface area contributed by atoms with Crippen molar-refractivity contribution in [2.45, 2.75) is 49.1 Å². The van der Waals surface area contributed by atoms with Crippen molar-refractivity contribution in [1.29, 1.82) is 0 Å². The molecular weight excluding hydrogens is 564 g/mol. The Morgan fingerprint density at radius 3 is 1.45 bits per heavy atom. The van der Waals surface area contributed by atoms with Crippen molar-refractivity contribution in [2.24, 2.45) is 0 Å². The van der Waals surface area contributed by atoms with E-state index >= 15 is 0 Å². The number of aliphatic hydroxyl groups excluding tert-OH is 4. The topological polar surface area (TPSA) is 239 Å². The van der Waals surface area contributed by atoms with Gasteiger partial charge in [-0.1, -0.05) is 0 Å². The molecule has 0 unspecified atom stereocenters. The van der Waals surface area contributed by atoms with Crippen molar-refractivity contribution >= 4 is 57.5 Å². The lowest BCUT2D eigenvalue weighted by atomic mass is 10.1. The van der Waals surface area contributed by atoms with E-state index in [-0.39, 0.29) is 11.6 Å². The largest absolute Gasteiger partial charge is 0.387 e. The molecule has 4 aromatic heterocycles. The molecule has 2 aliphatic heterocycles. The molecule has 8 N–H and O–H groups in total. The second-order valence-corrected chi connectivity index (χ2v) is 11.0. The summed E-state index contributed by atoms with van der Waals surface area (Å²) >= 11 is 3.09. The summed E-state index contributed by atoms with van der Waals surface area (Å²) < 4.78 is 14.6. The van der Waals surface area contributed by atoms with Crippen LogP contribution in [0.2, 0.25) is 0 Å². The third kappa shape index (κ3) is 5.16. The molecule has 8 atom stereocenters. The lowest BCUT2D eigenvalue weighted by molar-refractivity contribution is -0.0289. The second kappa shape index (κ2) is 12.0. The molecule has 0 radical (unpaired) electrons. The maximum Gasteiger partial charge on any atom is 0.167 e. The fraction of sp³-hybridized carbons (Fsp3) is 0.545. The molecule has 6 heterocycles. The van der Waals surface area contributed by atoms with Crippen LogP contribution in [0.4, 0.5) is 11.6 Å². The Balaban J connectivity index is 0.000000161. The molecule has 0 saturated carbocycles. The third-order valence-electron chi connectivity index (χ3n) is 6.66. The Morgan fingerprint density at radius 1 is 0.675 bits per heavy atom. The number of fused-ring (bicyclic) bond motifs is 2.